The molecule has 0 unspecified atom stereocenters. The molecular weight excluding hydrogens is 328 g/mol. The highest BCUT2D eigenvalue weighted by atomic mass is 16.3. The standard InChI is InChI=1S/C20H26N4O2/c25-13-12-24-19(26)17-15-22(14-16-6-2-1-3-7-16)11-8-18(17)21-20(24)23-9-4-5-10-23/h1-3,6-7,25H,4-5,8-15H2. The minimum atomic E-state index is -0.0467. The number of hydrogen-bond donors (Lipinski definition) is 1. The number of anilines is 1. The van der Waals surface area contributed by atoms with E-state index in [-0.39, 0.29) is 12.2 Å². The van der Waals surface area contributed by atoms with Gasteiger partial charge in [-0.25, -0.2) is 4.98 Å². The fourth-order valence-electron chi connectivity index (χ4n) is 3.99. The molecule has 0 bridgehead atoms. The molecule has 0 amide bonds. The van der Waals surface area contributed by atoms with E-state index < -0.39 is 0 Å². The van der Waals surface area contributed by atoms with Gasteiger partial charge in [-0.3, -0.25) is 14.3 Å². The van der Waals surface area contributed by atoms with Gasteiger partial charge in [-0.15, -0.1) is 0 Å². The molecule has 1 aromatic heterocycles. The summed E-state index contributed by atoms with van der Waals surface area (Å²) in [6.45, 7) is 4.53. The Morgan fingerprint density at radius 2 is 1.85 bits per heavy atom. The Labute approximate surface area is 153 Å². The van der Waals surface area contributed by atoms with E-state index in [9.17, 15) is 9.90 Å². The molecule has 1 N–H and O–H groups in total. The van der Waals surface area contributed by atoms with Crippen molar-refractivity contribution in [1.29, 1.82) is 0 Å². The van der Waals surface area contributed by atoms with Gasteiger partial charge in [0.05, 0.1) is 24.4 Å². The topological polar surface area (TPSA) is 61.6 Å². The van der Waals surface area contributed by atoms with Gasteiger partial charge >= 0.3 is 0 Å². The molecule has 2 aliphatic rings. The number of benzene rings is 1. The van der Waals surface area contributed by atoms with E-state index in [0.717, 1.165) is 62.6 Å². The largest absolute Gasteiger partial charge is 0.395 e. The average Bonchev–Trinajstić information content (AvgIpc) is 3.20. The summed E-state index contributed by atoms with van der Waals surface area (Å²) < 4.78 is 1.68. The van der Waals surface area contributed by atoms with Crippen LogP contribution >= 0.6 is 0 Å². The minimum Gasteiger partial charge on any atom is -0.395 e. The lowest BCUT2D eigenvalue weighted by Crippen LogP contribution is -2.40. The van der Waals surface area contributed by atoms with Crippen LogP contribution in [-0.2, 0) is 26.1 Å². The molecule has 0 saturated carbocycles. The molecule has 6 nitrogen and oxygen atoms in total. The average molecular weight is 354 g/mol. The van der Waals surface area contributed by atoms with E-state index in [0.29, 0.717) is 13.1 Å². The molecule has 4 rings (SSSR count). The molecule has 26 heavy (non-hydrogen) atoms. The van der Waals surface area contributed by atoms with Crippen LogP contribution in [0.25, 0.3) is 0 Å². The third-order valence-electron chi connectivity index (χ3n) is 5.34. The Balaban J connectivity index is 1.63. The van der Waals surface area contributed by atoms with Crippen molar-refractivity contribution in [2.45, 2.75) is 38.9 Å². The van der Waals surface area contributed by atoms with E-state index in [2.05, 4.69) is 21.9 Å². The smallest absolute Gasteiger partial charge is 0.259 e. The molecule has 1 saturated heterocycles. The quantitative estimate of drug-likeness (QED) is 0.879. The van der Waals surface area contributed by atoms with Crippen LogP contribution in [0.4, 0.5) is 5.95 Å². The molecule has 3 heterocycles. The predicted octanol–water partition coefficient (Wildman–Crippen LogP) is 1.39. The molecule has 0 spiro atoms. The van der Waals surface area contributed by atoms with Gasteiger partial charge in [0.2, 0.25) is 5.95 Å². The molecule has 0 atom stereocenters. The SMILES string of the molecule is O=c1c2c(nc(N3CCCC3)n1CCO)CCN(Cc1ccccc1)C2. The Bertz CT molecular complexity index is 813. The van der Waals surface area contributed by atoms with Gasteiger partial charge in [0.1, 0.15) is 0 Å². The summed E-state index contributed by atoms with van der Waals surface area (Å²) >= 11 is 0. The normalized spacial score (nSPS) is 17.5. The molecular formula is C20H26N4O2. The highest BCUT2D eigenvalue weighted by Crippen LogP contribution is 2.22. The van der Waals surface area contributed by atoms with E-state index in [1.807, 2.05) is 18.2 Å². The van der Waals surface area contributed by atoms with Crippen molar-refractivity contribution in [3.8, 4) is 0 Å². The van der Waals surface area contributed by atoms with Gasteiger partial charge in [-0.2, -0.15) is 0 Å². The Kier molecular flexibility index (Phi) is 5.04. The zero-order valence-electron chi connectivity index (χ0n) is 15.1. The molecule has 138 valence electrons. The highest BCUT2D eigenvalue weighted by molar-refractivity contribution is 5.37. The van der Waals surface area contributed by atoms with Gasteiger partial charge in [-0.1, -0.05) is 30.3 Å². The summed E-state index contributed by atoms with van der Waals surface area (Å²) in [6.07, 6.45) is 3.08. The summed E-state index contributed by atoms with van der Waals surface area (Å²) in [7, 11) is 0. The van der Waals surface area contributed by atoms with Crippen LogP contribution in [0.3, 0.4) is 0 Å². The molecule has 2 aromatic rings. The van der Waals surface area contributed by atoms with Crippen LogP contribution in [-0.4, -0.2) is 45.8 Å². The molecule has 0 aliphatic carbocycles. The van der Waals surface area contributed by atoms with Crippen molar-refractivity contribution in [3.63, 3.8) is 0 Å². The lowest BCUT2D eigenvalue weighted by atomic mass is 10.1. The first kappa shape index (κ1) is 17.2. The fourth-order valence-corrected chi connectivity index (χ4v) is 3.99. The predicted molar refractivity (Wildman–Crippen MR) is 101 cm³/mol. The maximum Gasteiger partial charge on any atom is 0.259 e. The highest BCUT2D eigenvalue weighted by Gasteiger charge is 2.26. The Morgan fingerprint density at radius 3 is 2.58 bits per heavy atom. The number of fused-ring (bicyclic) bond motifs is 1. The molecule has 1 fully saturated rings. The zero-order valence-corrected chi connectivity index (χ0v) is 15.1. The number of aromatic nitrogens is 2. The second kappa shape index (κ2) is 7.60. The Hall–Kier alpha value is -2.18. The number of hydrogen-bond acceptors (Lipinski definition) is 5. The van der Waals surface area contributed by atoms with Crippen molar-refractivity contribution >= 4 is 5.95 Å². The number of aliphatic hydroxyl groups excluding tert-OH is 1. The summed E-state index contributed by atoms with van der Waals surface area (Å²) in [6, 6.07) is 10.4. The first-order valence-electron chi connectivity index (χ1n) is 9.51. The van der Waals surface area contributed by atoms with Gasteiger partial charge in [-0.05, 0) is 18.4 Å². The van der Waals surface area contributed by atoms with Gasteiger partial charge in [0.15, 0.2) is 0 Å². The number of rotatable bonds is 5. The first-order chi connectivity index (χ1) is 12.8. The van der Waals surface area contributed by atoms with Crippen LogP contribution in [0, 0.1) is 0 Å². The second-order valence-corrected chi connectivity index (χ2v) is 7.16. The first-order valence-corrected chi connectivity index (χ1v) is 9.51. The molecule has 0 radical (unpaired) electrons. The number of nitrogens with zero attached hydrogens (tertiary/aromatic N) is 4. The third-order valence-corrected chi connectivity index (χ3v) is 5.34. The summed E-state index contributed by atoms with van der Waals surface area (Å²) in [4.78, 5) is 22.5. The van der Waals surface area contributed by atoms with Crippen LogP contribution in [0.5, 0.6) is 0 Å². The molecule has 1 aromatic carbocycles. The van der Waals surface area contributed by atoms with Gasteiger partial charge in [0, 0.05) is 39.1 Å². The third kappa shape index (κ3) is 3.39. The number of aliphatic hydroxyl groups is 1. The maximum atomic E-state index is 13.1. The Morgan fingerprint density at radius 1 is 1.08 bits per heavy atom. The summed E-state index contributed by atoms with van der Waals surface area (Å²) in [5.41, 5.74) is 3.01. The monoisotopic (exact) mass is 354 g/mol. The lowest BCUT2D eigenvalue weighted by Gasteiger charge is -2.30. The molecule has 6 heteroatoms. The summed E-state index contributed by atoms with van der Waals surface area (Å²) in [5, 5.41) is 9.45. The summed E-state index contributed by atoms with van der Waals surface area (Å²) in [5.74, 6) is 0.747. The van der Waals surface area contributed by atoms with Crippen LogP contribution in [0.1, 0.15) is 29.7 Å². The van der Waals surface area contributed by atoms with Crippen LogP contribution in [0.2, 0.25) is 0 Å². The van der Waals surface area contributed by atoms with E-state index in [1.54, 1.807) is 4.57 Å². The van der Waals surface area contributed by atoms with E-state index >= 15 is 0 Å². The van der Waals surface area contributed by atoms with E-state index in [1.165, 1.54) is 5.56 Å². The van der Waals surface area contributed by atoms with E-state index in [4.69, 9.17) is 4.98 Å². The minimum absolute atomic E-state index is 0.0173. The van der Waals surface area contributed by atoms with Gasteiger partial charge in [0.25, 0.3) is 5.56 Å². The fraction of sp³-hybridized carbons (Fsp3) is 0.500. The van der Waals surface area contributed by atoms with Crippen molar-refractivity contribution in [2.75, 3.05) is 31.1 Å². The van der Waals surface area contributed by atoms with Crippen LogP contribution in [0.15, 0.2) is 35.1 Å². The molecule has 2 aliphatic heterocycles. The van der Waals surface area contributed by atoms with Gasteiger partial charge < -0.3 is 10.0 Å². The maximum absolute atomic E-state index is 13.1. The van der Waals surface area contributed by atoms with Crippen molar-refractivity contribution in [3.05, 3.63) is 57.5 Å². The van der Waals surface area contributed by atoms with Crippen molar-refractivity contribution in [1.82, 2.24) is 14.5 Å². The lowest BCUT2D eigenvalue weighted by molar-refractivity contribution is 0.238. The zero-order chi connectivity index (χ0) is 17.9. The van der Waals surface area contributed by atoms with Crippen LogP contribution < -0.4 is 10.5 Å². The van der Waals surface area contributed by atoms with Crippen molar-refractivity contribution < 1.29 is 5.11 Å². The second-order valence-electron chi connectivity index (χ2n) is 7.16. The van der Waals surface area contributed by atoms with Crippen molar-refractivity contribution in [2.24, 2.45) is 0 Å².